The molecule has 1 atom stereocenters. The van der Waals surface area contributed by atoms with Crippen molar-refractivity contribution >= 4 is 22.5 Å². The van der Waals surface area contributed by atoms with E-state index in [2.05, 4.69) is 51.1 Å². The Hall–Kier alpha value is -3.53. The summed E-state index contributed by atoms with van der Waals surface area (Å²) in [5.41, 5.74) is 6.76. The van der Waals surface area contributed by atoms with Crippen molar-refractivity contribution in [3.63, 3.8) is 0 Å². The number of halogens is 1. The maximum Gasteiger partial charge on any atom is 0.188 e. The number of anilines is 2. The van der Waals surface area contributed by atoms with Crippen LogP contribution in [0.3, 0.4) is 0 Å². The number of fused-ring (bicyclic) bond motifs is 2. The molecule has 1 aromatic carbocycles. The van der Waals surface area contributed by atoms with Crippen LogP contribution in [0.15, 0.2) is 12.1 Å². The molecule has 0 amide bonds. The van der Waals surface area contributed by atoms with E-state index in [1.165, 1.54) is 0 Å². The Morgan fingerprint density at radius 2 is 1.97 bits per heavy atom. The number of aromatic nitrogens is 6. The maximum absolute atomic E-state index is 15.6. The molecule has 4 aromatic rings. The molecule has 10 heteroatoms. The van der Waals surface area contributed by atoms with E-state index in [4.69, 9.17) is 14.7 Å². The summed E-state index contributed by atoms with van der Waals surface area (Å²) >= 11 is 0. The molecule has 0 spiro atoms. The second kappa shape index (κ2) is 8.76. The monoisotopic (exact) mass is 516 g/mol. The van der Waals surface area contributed by atoms with Crippen LogP contribution in [0, 0.1) is 19.7 Å². The first-order valence-electron chi connectivity index (χ1n) is 13.6. The summed E-state index contributed by atoms with van der Waals surface area (Å²) in [6.07, 6.45) is 2.75. The Balaban J connectivity index is 1.37. The van der Waals surface area contributed by atoms with Crippen LogP contribution in [-0.4, -0.2) is 62.3 Å². The predicted molar refractivity (Wildman–Crippen MR) is 144 cm³/mol. The molecular weight excluding hydrogens is 483 g/mol. The van der Waals surface area contributed by atoms with E-state index in [-0.39, 0.29) is 17.8 Å². The molecule has 9 nitrogen and oxygen atoms in total. The SMILES string of the molecule is Cc1ccc2[nH]nc(C)c2c1-c1nc2c(c(N3CCOC[C@H]3C)n1)CN(c1c(F)c(C3CC3)nn1C)CC2. The molecule has 2 aliphatic heterocycles. The highest BCUT2D eigenvalue weighted by Crippen LogP contribution is 2.43. The maximum atomic E-state index is 15.6. The minimum Gasteiger partial charge on any atom is -0.377 e. The number of aromatic amines is 1. The van der Waals surface area contributed by atoms with E-state index in [0.29, 0.717) is 44.2 Å². The number of benzene rings is 1. The Morgan fingerprint density at radius 1 is 1.13 bits per heavy atom. The van der Waals surface area contributed by atoms with Gasteiger partial charge in [0, 0.05) is 55.5 Å². The first-order valence-corrected chi connectivity index (χ1v) is 13.6. The summed E-state index contributed by atoms with van der Waals surface area (Å²) in [4.78, 5) is 14.9. The van der Waals surface area contributed by atoms with Crippen molar-refractivity contribution in [1.82, 2.24) is 29.9 Å². The molecular formula is C28H33FN8O. The van der Waals surface area contributed by atoms with Gasteiger partial charge in [-0.1, -0.05) is 6.07 Å². The lowest BCUT2D eigenvalue weighted by Crippen LogP contribution is -2.45. The van der Waals surface area contributed by atoms with Gasteiger partial charge in [0.2, 0.25) is 0 Å². The smallest absolute Gasteiger partial charge is 0.188 e. The van der Waals surface area contributed by atoms with Crippen molar-refractivity contribution in [2.75, 3.05) is 36.1 Å². The van der Waals surface area contributed by atoms with Crippen molar-refractivity contribution in [3.8, 4) is 11.4 Å². The second-order valence-electron chi connectivity index (χ2n) is 11.0. The van der Waals surface area contributed by atoms with E-state index in [0.717, 1.165) is 70.0 Å². The van der Waals surface area contributed by atoms with Gasteiger partial charge in [-0.2, -0.15) is 10.2 Å². The highest BCUT2D eigenvalue weighted by Gasteiger charge is 2.36. The first kappa shape index (κ1) is 23.6. The molecule has 38 heavy (non-hydrogen) atoms. The van der Waals surface area contributed by atoms with Gasteiger partial charge in [0.25, 0.3) is 0 Å². The van der Waals surface area contributed by atoms with Gasteiger partial charge in [0.05, 0.1) is 36.2 Å². The molecule has 0 unspecified atom stereocenters. The van der Waals surface area contributed by atoms with E-state index in [9.17, 15) is 0 Å². The summed E-state index contributed by atoms with van der Waals surface area (Å²) in [5.74, 6) is 2.31. The van der Waals surface area contributed by atoms with E-state index in [1.807, 2.05) is 14.0 Å². The highest BCUT2D eigenvalue weighted by molar-refractivity contribution is 5.96. The summed E-state index contributed by atoms with van der Waals surface area (Å²) in [6, 6.07) is 4.33. The molecule has 1 N–H and O–H groups in total. The third-order valence-electron chi connectivity index (χ3n) is 8.27. The molecule has 0 bridgehead atoms. The van der Waals surface area contributed by atoms with E-state index in [1.54, 1.807) is 4.68 Å². The molecule has 3 aliphatic rings. The number of hydrogen-bond acceptors (Lipinski definition) is 7. The first-order chi connectivity index (χ1) is 18.4. The van der Waals surface area contributed by atoms with Crippen LogP contribution in [0.25, 0.3) is 22.3 Å². The Kier molecular flexibility index (Phi) is 5.43. The van der Waals surface area contributed by atoms with Gasteiger partial charge in [0.15, 0.2) is 17.5 Å². The fourth-order valence-corrected chi connectivity index (χ4v) is 6.10. The fourth-order valence-electron chi connectivity index (χ4n) is 6.10. The molecule has 1 saturated heterocycles. The lowest BCUT2D eigenvalue weighted by molar-refractivity contribution is 0.0984. The zero-order valence-corrected chi connectivity index (χ0v) is 22.4. The normalized spacial score (nSPS) is 19.9. The molecule has 0 radical (unpaired) electrons. The van der Waals surface area contributed by atoms with Gasteiger partial charge in [-0.25, -0.2) is 19.0 Å². The number of aryl methyl sites for hydroxylation is 3. The molecule has 2 fully saturated rings. The number of nitrogens with zero attached hydrogens (tertiary/aromatic N) is 7. The van der Waals surface area contributed by atoms with Crippen molar-refractivity contribution in [1.29, 1.82) is 0 Å². The zero-order chi connectivity index (χ0) is 26.1. The fraction of sp³-hybridized carbons (Fsp3) is 0.500. The van der Waals surface area contributed by atoms with E-state index < -0.39 is 0 Å². The van der Waals surface area contributed by atoms with E-state index >= 15 is 4.39 Å². The van der Waals surface area contributed by atoms with Crippen LogP contribution in [0.1, 0.15) is 53.9 Å². The van der Waals surface area contributed by atoms with Crippen molar-refractivity contribution in [2.24, 2.45) is 7.05 Å². The highest BCUT2D eigenvalue weighted by atomic mass is 19.1. The summed E-state index contributed by atoms with van der Waals surface area (Å²) in [7, 11) is 1.85. The van der Waals surface area contributed by atoms with Gasteiger partial charge < -0.3 is 14.5 Å². The average Bonchev–Trinajstić information content (AvgIpc) is 3.62. The van der Waals surface area contributed by atoms with Gasteiger partial charge in [-0.3, -0.25) is 5.10 Å². The third kappa shape index (κ3) is 3.68. The molecule has 7 rings (SSSR count). The van der Waals surface area contributed by atoms with Gasteiger partial charge >= 0.3 is 0 Å². The zero-order valence-electron chi connectivity index (χ0n) is 22.4. The number of rotatable bonds is 4. The van der Waals surface area contributed by atoms with Crippen LogP contribution in [0.5, 0.6) is 0 Å². The Morgan fingerprint density at radius 3 is 2.76 bits per heavy atom. The number of ether oxygens (including phenoxy) is 1. The van der Waals surface area contributed by atoms with Crippen molar-refractivity contribution in [2.45, 2.75) is 58.5 Å². The summed E-state index contributed by atoms with van der Waals surface area (Å²) in [6.45, 7) is 9.56. The van der Waals surface area contributed by atoms with Gasteiger partial charge in [-0.05, 0) is 45.2 Å². The minimum atomic E-state index is -0.171. The molecule has 1 aliphatic carbocycles. The number of morpholine rings is 1. The van der Waals surface area contributed by atoms with Crippen molar-refractivity contribution < 1.29 is 9.13 Å². The lowest BCUT2D eigenvalue weighted by Gasteiger charge is -2.38. The van der Waals surface area contributed by atoms with Crippen LogP contribution < -0.4 is 9.80 Å². The molecule has 3 aromatic heterocycles. The molecule has 198 valence electrons. The molecule has 5 heterocycles. The minimum absolute atomic E-state index is 0.171. The number of hydrogen-bond donors (Lipinski definition) is 1. The number of H-pyrrole nitrogens is 1. The number of nitrogens with one attached hydrogen (secondary N) is 1. The van der Waals surface area contributed by atoms with Crippen LogP contribution >= 0.6 is 0 Å². The summed E-state index contributed by atoms with van der Waals surface area (Å²) in [5, 5.41) is 13.2. The average molecular weight is 517 g/mol. The standard InChI is InChI=1S/C28H33FN8O/c1-15-5-8-21-23(17(3)32-33-21)22(15)26-30-20-9-10-36(28-24(29)25(18-6-7-18)34-35(28)4)13-19(20)27(31-26)37-11-12-38-14-16(37)2/h5,8,16,18H,6-7,9-14H2,1-4H3,(H,32,33)/t16-/m1/s1. The quantitative estimate of drug-likeness (QED) is 0.436. The van der Waals surface area contributed by atoms with Crippen molar-refractivity contribution in [3.05, 3.63) is 46.2 Å². The summed E-state index contributed by atoms with van der Waals surface area (Å²) < 4.78 is 23.0. The second-order valence-corrected chi connectivity index (χ2v) is 11.0. The third-order valence-corrected chi connectivity index (χ3v) is 8.27. The van der Waals surface area contributed by atoms with Crippen LogP contribution in [0.4, 0.5) is 16.0 Å². The van der Waals surface area contributed by atoms with Gasteiger partial charge in [0.1, 0.15) is 11.5 Å². The van der Waals surface area contributed by atoms with Crippen LogP contribution in [0.2, 0.25) is 0 Å². The lowest BCUT2D eigenvalue weighted by atomic mass is 9.99. The van der Waals surface area contributed by atoms with Crippen LogP contribution in [-0.2, 0) is 24.8 Å². The topological polar surface area (TPSA) is 88.0 Å². The molecule has 1 saturated carbocycles. The Bertz CT molecular complexity index is 1550. The van der Waals surface area contributed by atoms with Gasteiger partial charge in [-0.15, -0.1) is 0 Å². The Labute approximate surface area is 221 Å². The largest absolute Gasteiger partial charge is 0.377 e. The predicted octanol–water partition coefficient (Wildman–Crippen LogP) is 4.17.